The molecule has 2 aromatic carbocycles. The summed E-state index contributed by atoms with van der Waals surface area (Å²) >= 11 is 0. The number of aliphatic carboxylic acids is 1. The fourth-order valence-electron chi connectivity index (χ4n) is 6.69. The maximum absolute atomic E-state index is 14.4. The van der Waals surface area contributed by atoms with Gasteiger partial charge in [0.2, 0.25) is 24.4 Å². The molecule has 2 heterocycles. The number of likely N-dealkylation sites (tertiary alicyclic amines) is 1. The molecule has 4 rings (SSSR count). The molecule has 10 nitrogen and oxygen atoms in total. The first-order valence-electron chi connectivity index (χ1n) is 15.7. The largest absolute Gasteiger partial charge is 0.493 e. The molecule has 1 saturated heterocycles. The summed E-state index contributed by atoms with van der Waals surface area (Å²) in [6.45, 7) is 7.93. The summed E-state index contributed by atoms with van der Waals surface area (Å²) in [4.78, 5) is 44.7. The predicted octanol–water partition coefficient (Wildman–Crippen LogP) is 5.21. The highest BCUT2D eigenvalue weighted by molar-refractivity contribution is 5.95. The van der Waals surface area contributed by atoms with Crippen LogP contribution in [0.15, 0.2) is 30.3 Å². The Morgan fingerprint density at radius 2 is 1.84 bits per heavy atom. The maximum Gasteiger partial charge on any atom is 0.308 e. The van der Waals surface area contributed by atoms with E-state index in [4.69, 9.17) is 14.2 Å². The summed E-state index contributed by atoms with van der Waals surface area (Å²) in [7, 11) is 3.20. The van der Waals surface area contributed by atoms with Crippen LogP contribution in [-0.4, -0.2) is 85.4 Å². The third kappa shape index (κ3) is 7.52. The van der Waals surface area contributed by atoms with Crippen molar-refractivity contribution in [2.75, 3.05) is 45.5 Å². The number of hydrogen-bond acceptors (Lipinski definition) is 7. The van der Waals surface area contributed by atoms with Crippen LogP contribution >= 0.6 is 0 Å². The monoisotopic (exact) mass is 627 g/mol. The Balaban J connectivity index is 1.73. The van der Waals surface area contributed by atoms with Crippen molar-refractivity contribution in [2.24, 2.45) is 5.92 Å². The number of rotatable bonds is 14. The lowest BCUT2D eigenvalue weighted by Gasteiger charge is -2.35. The van der Waals surface area contributed by atoms with Gasteiger partial charge in [0.05, 0.1) is 19.6 Å². The van der Waals surface area contributed by atoms with Crippen LogP contribution in [-0.2, 0) is 14.4 Å². The number of methoxy groups -OCH3 is 1. The number of carbonyl (C=O) groups is 3. The van der Waals surface area contributed by atoms with E-state index in [0.29, 0.717) is 53.6 Å². The van der Waals surface area contributed by atoms with E-state index < -0.39 is 23.8 Å². The molecule has 246 valence electrons. The summed E-state index contributed by atoms with van der Waals surface area (Å²) < 4.78 is 31.0. The molecule has 0 aliphatic carbocycles. The van der Waals surface area contributed by atoms with Gasteiger partial charge in [0.15, 0.2) is 11.5 Å². The minimum atomic E-state index is -0.983. The van der Waals surface area contributed by atoms with E-state index >= 15 is 0 Å². The van der Waals surface area contributed by atoms with Gasteiger partial charge in [0.1, 0.15) is 5.82 Å². The van der Waals surface area contributed by atoms with Gasteiger partial charge in [0.25, 0.3) is 0 Å². The summed E-state index contributed by atoms with van der Waals surface area (Å²) in [6, 6.07) is 7.68. The molecular weight excluding hydrogens is 581 g/mol. The van der Waals surface area contributed by atoms with Crippen LogP contribution in [0.2, 0.25) is 0 Å². The highest BCUT2D eigenvalue weighted by Gasteiger charge is 2.48. The molecule has 0 bridgehead atoms. The fraction of sp³-hybridized carbons (Fsp3) is 0.559. The van der Waals surface area contributed by atoms with Crippen molar-refractivity contribution in [1.29, 1.82) is 0 Å². The second kappa shape index (κ2) is 14.9. The Kier molecular flexibility index (Phi) is 11.3. The highest BCUT2D eigenvalue weighted by Crippen LogP contribution is 2.47. The zero-order valence-corrected chi connectivity index (χ0v) is 27.2. The number of benzene rings is 2. The maximum atomic E-state index is 14.4. The summed E-state index contributed by atoms with van der Waals surface area (Å²) in [6.07, 6.45) is 3.66. The Hall–Kier alpha value is -3.86. The van der Waals surface area contributed by atoms with Gasteiger partial charge in [-0.3, -0.25) is 19.3 Å². The number of nitrogens with zero attached hydrogens (tertiary/aromatic N) is 3. The van der Waals surface area contributed by atoms with Crippen LogP contribution in [0.5, 0.6) is 17.2 Å². The van der Waals surface area contributed by atoms with E-state index in [0.717, 1.165) is 25.7 Å². The number of carbonyl (C=O) groups excluding carboxylic acids is 2. The molecular formula is C34H46FN3O7. The smallest absolute Gasteiger partial charge is 0.308 e. The van der Waals surface area contributed by atoms with Crippen molar-refractivity contribution in [2.45, 2.75) is 77.8 Å². The zero-order chi connectivity index (χ0) is 32.8. The van der Waals surface area contributed by atoms with Crippen molar-refractivity contribution in [3.63, 3.8) is 0 Å². The van der Waals surface area contributed by atoms with Crippen LogP contribution in [0.1, 0.15) is 69.9 Å². The number of aryl methyl sites for hydroxylation is 1. The minimum Gasteiger partial charge on any atom is -0.493 e. The lowest BCUT2D eigenvalue weighted by Crippen LogP contribution is -2.48. The third-order valence-corrected chi connectivity index (χ3v) is 9.08. The third-order valence-electron chi connectivity index (χ3n) is 9.08. The molecule has 11 heteroatoms. The molecule has 2 aliphatic heterocycles. The molecule has 1 unspecified atom stereocenters. The van der Waals surface area contributed by atoms with Gasteiger partial charge < -0.3 is 29.1 Å². The zero-order valence-electron chi connectivity index (χ0n) is 27.2. The SMILES string of the molecule is CCCC(CCC)N(C(=O)CN1C[C@H](c2cc(OC)c3c(c2)OCO3)[C@@H](C(=O)O)C1CCN(C)C(C)=O)c1ccc(F)c(C)c1. The van der Waals surface area contributed by atoms with Crippen LogP contribution in [0.4, 0.5) is 10.1 Å². The first-order chi connectivity index (χ1) is 21.5. The molecule has 2 aromatic rings. The van der Waals surface area contributed by atoms with Crippen LogP contribution in [0.3, 0.4) is 0 Å². The first kappa shape index (κ1) is 34.0. The topological polar surface area (TPSA) is 109 Å². The molecule has 0 radical (unpaired) electrons. The lowest BCUT2D eigenvalue weighted by molar-refractivity contribution is -0.143. The first-order valence-corrected chi connectivity index (χ1v) is 15.7. The van der Waals surface area contributed by atoms with Gasteiger partial charge in [-0.05, 0) is 67.6 Å². The second-order valence-corrected chi connectivity index (χ2v) is 12.1. The highest BCUT2D eigenvalue weighted by atomic mass is 19.1. The van der Waals surface area contributed by atoms with Crippen LogP contribution in [0, 0.1) is 18.7 Å². The molecule has 0 spiro atoms. The number of anilines is 1. The molecule has 1 fully saturated rings. The quantitative estimate of drug-likeness (QED) is 0.304. The van der Waals surface area contributed by atoms with Crippen molar-refractivity contribution < 1.29 is 38.1 Å². The number of ether oxygens (including phenoxy) is 3. The molecule has 1 N–H and O–H groups in total. The lowest BCUT2D eigenvalue weighted by atomic mass is 9.84. The molecule has 3 atom stereocenters. The summed E-state index contributed by atoms with van der Waals surface area (Å²) in [5, 5.41) is 10.6. The fourth-order valence-corrected chi connectivity index (χ4v) is 6.69. The van der Waals surface area contributed by atoms with Gasteiger partial charge >= 0.3 is 5.97 Å². The average molecular weight is 628 g/mol. The van der Waals surface area contributed by atoms with Crippen molar-refractivity contribution in [3.8, 4) is 17.2 Å². The van der Waals surface area contributed by atoms with E-state index in [1.165, 1.54) is 20.1 Å². The number of hydrogen-bond donors (Lipinski definition) is 1. The second-order valence-electron chi connectivity index (χ2n) is 12.1. The van der Waals surface area contributed by atoms with E-state index in [2.05, 4.69) is 13.8 Å². The number of carboxylic acids is 1. The number of carboxylic acid groups (broad SMARTS) is 1. The van der Waals surface area contributed by atoms with Gasteiger partial charge in [-0.2, -0.15) is 0 Å². The van der Waals surface area contributed by atoms with Crippen LogP contribution in [0.25, 0.3) is 0 Å². The molecule has 0 saturated carbocycles. The van der Waals surface area contributed by atoms with E-state index in [9.17, 15) is 23.9 Å². The van der Waals surface area contributed by atoms with E-state index in [1.807, 2.05) is 4.90 Å². The molecule has 2 aliphatic rings. The average Bonchev–Trinajstić information content (AvgIpc) is 3.62. The van der Waals surface area contributed by atoms with E-state index in [1.54, 1.807) is 48.0 Å². The Bertz CT molecular complexity index is 1380. The Morgan fingerprint density at radius 3 is 2.44 bits per heavy atom. The number of amides is 2. The number of halogens is 1. The Morgan fingerprint density at radius 1 is 1.13 bits per heavy atom. The standard InChI is InChI=1S/C34H46FN3O7/c1-7-9-24(10-8-2)38(25-11-12-27(35)21(3)15-25)31(40)19-37-18-26(23-16-29(43-6)33-30(17-23)44-20-45-33)32(34(41)42)28(37)13-14-36(5)22(4)39/h11-12,15-17,24,26,28,32H,7-10,13-14,18-20H2,1-6H3,(H,41,42)/t26-,28?,32-/m1/s1. The van der Waals surface area contributed by atoms with Gasteiger partial charge in [-0.1, -0.05) is 26.7 Å². The van der Waals surface area contributed by atoms with Gasteiger partial charge in [-0.15, -0.1) is 0 Å². The predicted molar refractivity (Wildman–Crippen MR) is 168 cm³/mol. The molecule has 45 heavy (non-hydrogen) atoms. The van der Waals surface area contributed by atoms with Crippen LogP contribution < -0.4 is 19.1 Å². The van der Waals surface area contributed by atoms with Crippen molar-refractivity contribution in [3.05, 3.63) is 47.3 Å². The summed E-state index contributed by atoms with van der Waals surface area (Å²) in [5.41, 5.74) is 1.79. The normalized spacial score (nSPS) is 19.2. The van der Waals surface area contributed by atoms with Crippen molar-refractivity contribution >= 4 is 23.5 Å². The minimum absolute atomic E-state index is 0.0310. The molecule has 2 amide bonds. The van der Waals surface area contributed by atoms with Gasteiger partial charge in [-0.25, -0.2) is 4.39 Å². The number of fused-ring (bicyclic) bond motifs is 1. The van der Waals surface area contributed by atoms with E-state index in [-0.39, 0.29) is 37.0 Å². The van der Waals surface area contributed by atoms with Crippen molar-refractivity contribution in [1.82, 2.24) is 9.80 Å². The van der Waals surface area contributed by atoms with Gasteiger partial charge in [0, 0.05) is 50.7 Å². The summed E-state index contributed by atoms with van der Waals surface area (Å²) in [5.74, 6) is -1.58. The molecule has 0 aromatic heterocycles. The Labute approximate surface area is 265 Å².